The second-order valence-corrected chi connectivity index (χ2v) is 4.39. The lowest BCUT2D eigenvalue weighted by Gasteiger charge is -2.15. The first-order chi connectivity index (χ1) is 10.1. The number of carbonyl (C=O) groups is 1. The molecular formula is C16H22O5. The van der Waals surface area contributed by atoms with Crippen molar-refractivity contribution in [1.29, 1.82) is 0 Å². The Morgan fingerprint density at radius 3 is 2.43 bits per heavy atom. The number of esters is 1. The molecule has 0 aliphatic carbocycles. The number of hydrogen-bond acceptors (Lipinski definition) is 5. The van der Waals surface area contributed by atoms with Gasteiger partial charge in [0.1, 0.15) is 0 Å². The summed E-state index contributed by atoms with van der Waals surface area (Å²) in [6, 6.07) is 3.76. The Hall–Kier alpha value is -2.01. The number of ether oxygens (including phenoxy) is 4. The third kappa shape index (κ3) is 4.49. The summed E-state index contributed by atoms with van der Waals surface area (Å²) in [7, 11) is 4.76. The molecule has 0 unspecified atom stereocenters. The van der Waals surface area contributed by atoms with E-state index in [0.717, 1.165) is 16.7 Å². The molecule has 0 saturated carbocycles. The highest BCUT2D eigenvalue weighted by atomic mass is 16.5. The standard InChI is InChI=1S/C16H22O5/c1-6-21-15(17)7-11(2)13-8-12(10-18-3)9-14(19-4)16(13)20-5/h7-9H,6,10H2,1-5H3/b11-7+. The second kappa shape index (κ2) is 8.32. The van der Waals surface area contributed by atoms with Crippen LogP contribution in [0.4, 0.5) is 0 Å². The van der Waals surface area contributed by atoms with E-state index in [4.69, 9.17) is 18.9 Å². The molecule has 0 heterocycles. The van der Waals surface area contributed by atoms with E-state index < -0.39 is 0 Å². The Kier molecular flexibility index (Phi) is 6.75. The van der Waals surface area contributed by atoms with Crippen LogP contribution in [0.5, 0.6) is 11.5 Å². The topological polar surface area (TPSA) is 54.0 Å². The van der Waals surface area contributed by atoms with Gasteiger partial charge in [-0.25, -0.2) is 4.79 Å². The highest BCUT2D eigenvalue weighted by Gasteiger charge is 2.14. The molecule has 5 nitrogen and oxygen atoms in total. The number of carbonyl (C=O) groups excluding carboxylic acids is 1. The van der Waals surface area contributed by atoms with Crippen LogP contribution in [0.2, 0.25) is 0 Å². The quantitative estimate of drug-likeness (QED) is 0.572. The molecular weight excluding hydrogens is 272 g/mol. The lowest BCUT2D eigenvalue weighted by atomic mass is 10.0. The average Bonchev–Trinajstić information content (AvgIpc) is 2.46. The molecule has 0 atom stereocenters. The summed E-state index contributed by atoms with van der Waals surface area (Å²) in [5.41, 5.74) is 2.44. The van der Waals surface area contributed by atoms with E-state index in [2.05, 4.69) is 0 Å². The second-order valence-electron chi connectivity index (χ2n) is 4.39. The van der Waals surface area contributed by atoms with Crippen LogP contribution < -0.4 is 9.47 Å². The van der Waals surface area contributed by atoms with Crippen LogP contribution in [0, 0.1) is 0 Å². The minimum Gasteiger partial charge on any atom is -0.493 e. The van der Waals surface area contributed by atoms with Gasteiger partial charge in [0.15, 0.2) is 11.5 Å². The van der Waals surface area contributed by atoms with Crippen molar-refractivity contribution in [3.05, 3.63) is 29.3 Å². The first-order valence-electron chi connectivity index (χ1n) is 6.66. The first-order valence-corrected chi connectivity index (χ1v) is 6.66. The summed E-state index contributed by atoms with van der Waals surface area (Å²) in [5.74, 6) is 0.794. The van der Waals surface area contributed by atoms with Gasteiger partial charge in [0.25, 0.3) is 0 Å². The molecule has 0 bridgehead atoms. The Morgan fingerprint density at radius 1 is 1.19 bits per heavy atom. The van der Waals surface area contributed by atoms with Crippen LogP contribution in [0.1, 0.15) is 25.0 Å². The minimum atomic E-state index is -0.381. The van der Waals surface area contributed by atoms with Gasteiger partial charge < -0.3 is 18.9 Å². The van der Waals surface area contributed by atoms with Crippen molar-refractivity contribution in [2.75, 3.05) is 27.9 Å². The Labute approximate surface area is 125 Å². The minimum absolute atomic E-state index is 0.340. The zero-order valence-electron chi connectivity index (χ0n) is 13.2. The fraction of sp³-hybridized carbons (Fsp3) is 0.438. The van der Waals surface area contributed by atoms with E-state index >= 15 is 0 Å². The molecule has 0 aromatic heterocycles. The molecule has 0 N–H and O–H groups in total. The summed E-state index contributed by atoms with van der Waals surface area (Å²) in [6.45, 7) is 4.38. The van der Waals surface area contributed by atoms with E-state index in [1.165, 1.54) is 6.08 Å². The van der Waals surface area contributed by atoms with Crippen molar-refractivity contribution < 1.29 is 23.7 Å². The molecule has 0 spiro atoms. The van der Waals surface area contributed by atoms with Crippen molar-refractivity contribution in [3.8, 4) is 11.5 Å². The molecule has 0 saturated heterocycles. The molecule has 1 rings (SSSR count). The van der Waals surface area contributed by atoms with Crippen molar-refractivity contribution in [2.45, 2.75) is 20.5 Å². The summed E-state index contributed by atoms with van der Waals surface area (Å²) in [5, 5.41) is 0. The number of rotatable bonds is 7. The highest BCUT2D eigenvalue weighted by molar-refractivity contribution is 5.92. The van der Waals surface area contributed by atoms with Gasteiger partial charge in [0, 0.05) is 18.7 Å². The highest BCUT2D eigenvalue weighted by Crippen LogP contribution is 2.36. The van der Waals surface area contributed by atoms with Crippen LogP contribution >= 0.6 is 0 Å². The van der Waals surface area contributed by atoms with Crippen LogP contribution in [-0.4, -0.2) is 33.9 Å². The number of allylic oxidation sites excluding steroid dienone is 1. The van der Waals surface area contributed by atoms with Crippen molar-refractivity contribution in [2.24, 2.45) is 0 Å². The maximum atomic E-state index is 11.6. The number of benzene rings is 1. The fourth-order valence-electron chi connectivity index (χ4n) is 2.00. The third-order valence-corrected chi connectivity index (χ3v) is 2.90. The fourth-order valence-corrected chi connectivity index (χ4v) is 2.00. The summed E-state index contributed by atoms with van der Waals surface area (Å²) >= 11 is 0. The molecule has 21 heavy (non-hydrogen) atoms. The maximum absolute atomic E-state index is 11.6. The van der Waals surface area contributed by atoms with E-state index in [-0.39, 0.29) is 5.97 Å². The average molecular weight is 294 g/mol. The predicted molar refractivity (Wildman–Crippen MR) is 80.5 cm³/mol. The van der Waals surface area contributed by atoms with E-state index in [9.17, 15) is 4.79 Å². The molecule has 1 aromatic rings. The number of hydrogen-bond donors (Lipinski definition) is 0. The van der Waals surface area contributed by atoms with Gasteiger partial charge in [-0.15, -0.1) is 0 Å². The van der Waals surface area contributed by atoms with E-state index in [1.54, 1.807) is 28.3 Å². The normalized spacial score (nSPS) is 11.2. The molecule has 0 fully saturated rings. The molecule has 0 radical (unpaired) electrons. The zero-order valence-corrected chi connectivity index (χ0v) is 13.2. The van der Waals surface area contributed by atoms with Crippen molar-refractivity contribution in [3.63, 3.8) is 0 Å². The molecule has 5 heteroatoms. The lowest BCUT2D eigenvalue weighted by molar-refractivity contribution is -0.137. The Morgan fingerprint density at radius 2 is 1.90 bits per heavy atom. The molecule has 116 valence electrons. The van der Waals surface area contributed by atoms with Gasteiger partial charge in [-0.05, 0) is 37.1 Å². The van der Waals surface area contributed by atoms with Crippen LogP contribution in [-0.2, 0) is 20.9 Å². The van der Waals surface area contributed by atoms with Crippen LogP contribution in [0.25, 0.3) is 5.57 Å². The first kappa shape index (κ1) is 17.0. The predicted octanol–water partition coefficient (Wildman–Crippen LogP) is 2.82. The van der Waals surface area contributed by atoms with Gasteiger partial charge in [-0.3, -0.25) is 0 Å². The van der Waals surface area contributed by atoms with Gasteiger partial charge >= 0.3 is 5.97 Å². The SMILES string of the molecule is CCOC(=O)/C=C(\C)c1cc(COC)cc(OC)c1OC. The summed E-state index contributed by atoms with van der Waals surface area (Å²) < 4.78 is 20.8. The Bertz CT molecular complexity index is 520. The largest absolute Gasteiger partial charge is 0.493 e. The lowest BCUT2D eigenvalue weighted by Crippen LogP contribution is -2.02. The van der Waals surface area contributed by atoms with Gasteiger partial charge in [0.2, 0.25) is 0 Å². The molecule has 0 aliphatic rings. The third-order valence-electron chi connectivity index (χ3n) is 2.90. The Balaban J connectivity index is 3.30. The maximum Gasteiger partial charge on any atom is 0.331 e. The van der Waals surface area contributed by atoms with Gasteiger partial charge in [-0.2, -0.15) is 0 Å². The van der Waals surface area contributed by atoms with Crippen LogP contribution in [0.15, 0.2) is 18.2 Å². The smallest absolute Gasteiger partial charge is 0.331 e. The number of methoxy groups -OCH3 is 3. The summed E-state index contributed by atoms with van der Waals surface area (Å²) in [6.07, 6.45) is 1.44. The monoisotopic (exact) mass is 294 g/mol. The molecule has 0 amide bonds. The molecule has 0 aliphatic heterocycles. The van der Waals surface area contributed by atoms with Crippen molar-refractivity contribution in [1.82, 2.24) is 0 Å². The van der Waals surface area contributed by atoms with Gasteiger partial charge in [0.05, 0.1) is 27.4 Å². The zero-order chi connectivity index (χ0) is 15.8. The van der Waals surface area contributed by atoms with E-state index in [0.29, 0.717) is 24.7 Å². The molecule has 1 aromatic carbocycles. The van der Waals surface area contributed by atoms with Crippen LogP contribution in [0.3, 0.4) is 0 Å². The summed E-state index contributed by atoms with van der Waals surface area (Å²) in [4.78, 5) is 11.6. The van der Waals surface area contributed by atoms with E-state index in [1.807, 2.05) is 19.1 Å². The van der Waals surface area contributed by atoms with Crippen molar-refractivity contribution >= 4 is 11.5 Å². The van der Waals surface area contributed by atoms with Gasteiger partial charge in [-0.1, -0.05) is 0 Å².